The molecule has 34 heavy (non-hydrogen) atoms. The van der Waals surface area contributed by atoms with E-state index < -0.39 is 5.03 Å². The van der Waals surface area contributed by atoms with E-state index in [0.717, 1.165) is 30.4 Å². The van der Waals surface area contributed by atoms with Crippen LogP contribution in [-0.4, -0.2) is 35.7 Å². The fourth-order valence-electron chi connectivity index (χ4n) is 4.30. The summed E-state index contributed by atoms with van der Waals surface area (Å²) in [5, 5.41) is 22.1. The van der Waals surface area contributed by atoms with Crippen LogP contribution in [0.2, 0.25) is 0 Å². The molecule has 1 aromatic carbocycles. The molecule has 2 heterocycles. The van der Waals surface area contributed by atoms with E-state index in [0.29, 0.717) is 30.9 Å². The van der Waals surface area contributed by atoms with Crippen LogP contribution < -0.4 is 16.0 Å². The summed E-state index contributed by atoms with van der Waals surface area (Å²) in [5.41, 5.74) is 4.52. The third-order valence-electron chi connectivity index (χ3n) is 6.40. The standard InChI is InChI=1S/C24H27N7O3/c1-24(2)10-8-15(9-11-24)18-12-16(17-13-26-23(27-14-17)30-31(33)34)4-5-19(18)29-22(32)20-6-7-21(25-3)28-20/h4-5,7-8,12,17H,6,9-11,13-14H2,1-2H3,(H,29,32)(H2,26,27,30). The molecule has 10 nitrogen and oxygen atoms in total. The van der Waals surface area contributed by atoms with Gasteiger partial charge in [-0.3, -0.25) is 4.79 Å². The highest BCUT2D eigenvalue weighted by Gasteiger charge is 2.27. The lowest BCUT2D eigenvalue weighted by molar-refractivity contribution is -0.485. The minimum atomic E-state index is -0.729. The Morgan fingerprint density at radius 1 is 1.32 bits per heavy atom. The van der Waals surface area contributed by atoms with Crippen LogP contribution >= 0.6 is 0 Å². The van der Waals surface area contributed by atoms with Gasteiger partial charge in [0, 0.05) is 36.7 Å². The Kier molecular flexibility index (Phi) is 6.45. The van der Waals surface area contributed by atoms with Crippen LogP contribution in [0.1, 0.15) is 56.6 Å². The van der Waals surface area contributed by atoms with Crippen LogP contribution in [-0.2, 0) is 4.79 Å². The zero-order valence-corrected chi connectivity index (χ0v) is 19.2. The predicted octanol–water partition coefficient (Wildman–Crippen LogP) is 3.65. The van der Waals surface area contributed by atoms with E-state index in [2.05, 4.69) is 56.9 Å². The SMILES string of the molecule is [C-]#[N+]C1=CCC(C(=O)Nc2ccc(C3CNC(=N[N+](=O)[O-])NC3)cc2C2=CCC(C)(C)CC2)=N1. The molecule has 3 N–H and O–H groups in total. The molecule has 176 valence electrons. The number of nitrogens with one attached hydrogen (secondary N) is 3. The summed E-state index contributed by atoms with van der Waals surface area (Å²) in [5.74, 6) is 0.185. The minimum Gasteiger partial charge on any atom is -0.361 e. The van der Waals surface area contributed by atoms with Crippen LogP contribution in [0.5, 0.6) is 0 Å². The number of hydrogen-bond acceptors (Lipinski definition) is 4. The predicted molar refractivity (Wildman–Crippen MR) is 131 cm³/mol. The maximum absolute atomic E-state index is 12.8. The van der Waals surface area contributed by atoms with Crippen LogP contribution in [0, 0.1) is 22.1 Å². The Morgan fingerprint density at radius 2 is 2.09 bits per heavy atom. The zero-order valence-electron chi connectivity index (χ0n) is 19.2. The Morgan fingerprint density at radius 3 is 2.71 bits per heavy atom. The fourth-order valence-corrected chi connectivity index (χ4v) is 4.30. The average molecular weight is 462 g/mol. The van der Waals surface area contributed by atoms with Crippen LogP contribution in [0.25, 0.3) is 10.4 Å². The number of hydrogen-bond donors (Lipinski definition) is 3. The first-order valence-electron chi connectivity index (χ1n) is 11.2. The third kappa shape index (κ3) is 5.31. The second-order valence-electron chi connectivity index (χ2n) is 9.44. The zero-order chi connectivity index (χ0) is 24.3. The smallest absolute Gasteiger partial charge is 0.293 e. The third-order valence-corrected chi connectivity index (χ3v) is 6.40. The molecule has 2 aliphatic heterocycles. The van der Waals surface area contributed by atoms with Gasteiger partial charge in [-0.1, -0.05) is 38.6 Å². The Labute approximate surface area is 197 Å². The van der Waals surface area contributed by atoms with Crippen molar-refractivity contribution in [3.8, 4) is 0 Å². The van der Waals surface area contributed by atoms with Crippen molar-refractivity contribution >= 4 is 28.8 Å². The number of hydrazone groups is 1. The molecule has 0 radical (unpaired) electrons. The largest absolute Gasteiger partial charge is 0.361 e. The maximum atomic E-state index is 12.8. The molecule has 0 bridgehead atoms. The summed E-state index contributed by atoms with van der Waals surface area (Å²) in [6.07, 6.45) is 7.17. The second kappa shape index (κ2) is 9.47. The molecule has 0 unspecified atom stereocenters. The number of nitro groups is 1. The van der Waals surface area contributed by atoms with Crippen LogP contribution in [0.4, 0.5) is 5.69 Å². The molecule has 0 spiro atoms. The molecule has 10 heteroatoms. The van der Waals surface area contributed by atoms with E-state index in [4.69, 9.17) is 6.57 Å². The highest BCUT2D eigenvalue weighted by molar-refractivity contribution is 6.44. The van der Waals surface area contributed by atoms with Gasteiger partial charge in [-0.25, -0.2) is 10.1 Å². The molecule has 0 atom stereocenters. The fraction of sp³-hybridized carbons (Fsp3) is 0.417. The van der Waals surface area contributed by atoms with Gasteiger partial charge < -0.3 is 20.8 Å². The summed E-state index contributed by atoms with van der Waals surface area (Å²) in [4.78, 5) is 30.8. The van der Waals surface area contributed by atoms with Crippen molar-refractivity contribution < 1.29 is 9.83 Å². The first-order chi connectivity index (χ1) is 16.2. The maximum Gasteiger partial charge on any atom is 0.293 e. The topological polar surface area (TPSA) is 125 Å². The average Bonchev–Trinajstić information content (AvgIpc) is 3.29. The van der Waals surface area contributed by atoms with Crippen molar-refractivity contribution in [2.75, 3.05) is 18.4 Å². The van der Waals surface area contributed by atoms with Gasteiger partial charge >= 0.3 is 0 Å². The van der Waals surface area contributed by atoms with Gasteiger partial charge in [0.15, 0.2) is 10.7 Å². The van der Waals surface area contributed by atoms with E-state index in [1.54, 1.807) is 6.08 Å². The molecule has 1 saturated heterocycles. The van der Waals surface area contributed by atoms with E-state index in [1.807, 2.05) is 12.1 Å². The molecule has 3 aliphatic rings. The molecule has 1 fully saturated rings. The van der Waals surface area contributed by atoms with Crippen molar-refractivity contribution in [3.05, 3.63) is 68.8 Å². The summed E-state index contributed by atoms with van der Waals surface area (Å²) >= 11 is 0. The number of aliphatic imine (C=N–C) groups is 1. The first-order valence-corrected chi connectivity index (χ1v) is 11.2. The Balaban J connectivity index is 1.59. The molecule has 4 rings (SSSR count). The van der Waals surface area contributed by atoms with Gasteiger partial charge in [0.2, 0.25) is 0 Å². The number of guanidine groups is 1. The molecular formula is C24H27N7O3. The minimum absolute atomic E-state index is 0.0828. The van der Waals surface area contributed by atoms with Crippen LogP contribution in [0.15, 0.2) is 46.3 Å². The lowest BCUT2D eigenvalue weighted by Gasteiger charge is -2.30. The number of benzene rings is 1. The van der Waals surface area contributed by atoms with Gasteiger partial charge in [-0.05, 0) is 47.9 Å². The summed E-state index contributed by atoms with van der Waals surface area (Å²) in [6.45, 7) is 12.6. The summed E-state index contributed by atoms with van der Waals surface area (Å²) in [6, 6.07) is 5.97. The molecule has 1 amide bonds. The normalized spacial score (nSPS) is 21.1. The van der Waals surface area contributed by atoms with E-state index >= 15 is 0 Å². The van der Waals surface area contributed by atoms with Crippen molar-refractivity contribution in [2.45, 2.75) is 45.4 Å². The van der Waals surface area contributed by atoms with Crippen LogP contribution in [0.3, 0.4) is 0 Å². The number of carbonyl (C=O) groups excluding carboxylic acids is 1. The van der Waals surface area contributed by atoms with Gasteiger partial charge in [0.1, 0.15) is 5.10 Å². The van der Waals surface area contributed by atoms with E-state index in [9.17, 15) is 14.9 Å². The number of rotatable bonds is 5. The summed E-state index contributed by atoms with van der Waals surface area (Å²) in [7, 11) is 0. The van der Waals surface area contributed by atoms with Crippen molar-refractivity contribution in [3.63, 3.8) is 0 Å². The monoisotopic (exact) mass is 461 g/mol. The lowest BCUT2D eigenvalue weighted by Crippen LogP contribution is -2.48. The molecule has 1 aromatic rings. The Bertz CT molecular complexity index is 1180. The van der Waals surface area contributed by atoms with Crippen molar-refractivity contribution in [1.29, 1.82) is 0 Å². The molecule has 0 aromatic heterocycles. The quantitative estimate of drug-likeness (QED) is 0.351. The molecule has 0 saturated carbocycles. The number of allylic oxidation sites excluding steroid dienone is 3. The molecule has 1 aliphatic carbocycles. The molecular weight excluding hydrogens is 434 g/mol. The Hall–Kier alpha value is -4.00. The van der Waals surface area contributed by atoms with Gasteiger partial charge in [-0.2, -0.15) is 0 Å². The van der Waals surface area contributed by atoms with Gasteiger partial charge in [0.05, 0.1) is 0 Å². The summed E-state index contributed by atoms with van der Waals surface area (Å²) < 4.78 is 0. The van der Waals surface area contributed by atoms with Gasteiger partial charge in [-0.15, -0.1) is 4.99 Å². The number of carbonyl (C=O) groups is 1. The van der Waals surface area contributed by atoms with Crippen molar-refractivity contribution in [1.82, 2.24) is 10.6 Å². The van der Waals surface area contributed by atoms with Gasteiger partial charge in [0.25, 0.3) is 17.7 Å². The highest BCUT2D eigenvalue weighted by atomic mass is 16.7. The number of anilines is 1. The van der Waals surface area contributed by atoms with E-state index in [1.165, 1.54) is 5.57 Å². The first kappa shape index (κ1) is 23.2. The van der Waals surface area contributed by atoms with Crippen molar-refractivity contribution in [2.24, 2.45) is 15.5 Å². The lowest BCUT2D eigenvalue weighted by atomic mass is 9.76. The number of amides is 1. The second-order valence-corrected chi connectivity index (χ2v) is 9.44. The van der Waals surface area contributed by atoms with E-state index in [-0.39, 0.29) is 29.0 Å². The number of nitrogens with zero attached hydrogens (tertiary/aromatic N) is 4. The highest BCUT2D eigenvalue weighted by Crippen LogP contribution is 2.40.